The van der Waals surface area contributed by atoms with Crippen LogP contribution >= 0.6 is 12.4 Å². The first-order valence-corrected chi connectivity index (χ1v) is 8.00. The Bertz CT molecular complexity index is 488. The Kier molecular flexibility index (Phi) is 8.66. The van der Waals surface area contributed by atoms with Gasteiger partial charge in [0.2, 0.25) is 11.8 Å². The predicted octanol–water partition coefficient (Wildman–Crippen LogP) is 1.70. The van der Waals surface area contributed by atoms with Crippen LogP contribution in [0, 0.1) is 5.92 Å². The number of nitrogens with zero attached hydrogens (tertiary/aromatic N) is 1. The summed E-state index contributed by atoms with van der Waals surface area (Å²) in [7, 11) is 0. The van der Waals surface area contributed by atoms with E-state index < -0.39 is 0 Å². The van der Waals surface area contributed by atoms with Crippen LogP contribution in [0.1, 0.15) is 31.2 Å². The van der Waals surface area contributed by atoms with Crippen LogP contribution < -0.4 is 11.1 Å². The summed E-state index contributed by atoms with van der Waals surface area (Å²) in [6.07, 6.45) is 2.74. The number of amides is 2. The van der Waals surface area contributed by atoms with Gasteiger partial charge in [0.05, 0.1) is 0 Å². The van der Waals surface area contributed by atoms with E-state index in [2.05, 4.69) is 5.32 Å². The Morgan fingerprint density at radius 2 is 1.83 bits per heavy atom. The first-order valence-electron chi connectivity index (χ1n) is 8.00. The summed E-state index contributed by atoms with van der Waals surface area (Å²) in [6, 6.07) is 9.89. The Morgan fingerprint density at radius 3 is 2.43 bits per heavy atom. The number of likely N-dealkylation sites (tertiary alicyclic amines) is 1. The Morgan fingerprint density at radius 1 is 1.17 bits per heavy atom. The number of rotatable bonds is 6. The molecule has 1 aromatic carbocycles. The Hall–Kier alpha value is -1.59. The lowest BCUT2D eigenvalue weighted by Crippen LogP contribution is -2.43. The molecule has 0 unspecified atom stereocenters. The number of halogens is 1. The van der Waals surface area contributed by atoms with Crippen LogP contribution in [0.4, 0.5) is 0 Å². The van der Waals surface area contributed by atoms with Gasteiger partial charge in [-0.05, 0) is 31.4 Å². The summed E-state index contributed by atoms with van der Waals surface area (Å²) >= 11 is 0. The topological polar surface area (TPSA) is 75.4 Å². The third kappa shape index (κ3) is 6.20. The average molecular weight is 340 g/mol. The molecular weight excluding hydrogens is 314 g/mol. The number of nitrogens with one attached hydrogen (secondary N) is 1. The fraction of sp³-hybridized carbons (Fsp3) is 0.529. The highest BCUT2D eigenvalue weighted by Gasteiger charge is 2.26. The molecule has 0 atom stereocenters. The third-order valence-corrected chi connectivity index (χ3v) is 4.12. The summed E-state index contributed by atoms with van der Waals surface area (Å²) in [4.78, 5) is 26.0. The van der Waals surface area contributed by atoms with Crippen LogP contribution in [-0.2, 0) is 16.1 Å². The van der Waals surface area contributed by atoms with Crippen LogP contribution in [0.3, 0.4) is 0 Å². The number of hydrogen-bond acceptors (Lipinski definition) is 3. The summed E-state index contributed by atoms with van der Waals surface area (Å²) < 4.78 is 0. The van der Waals surface area contributed by atoms with Gasteiger partial charge in [0.15, 0.2) is 0 Å². The molecular formula is C17H26ClN3O2. The van der Waals surface area contributed by atoms with Crippen molar-refractivity contribution in [1.82, 2.24) is 10.2 Å². The average Bonchev–Trinajstić information content (AvgIpc) is 2.58. The molecule has 0 aromatic heterocycles. The first kappa shape index (κ1) is 19.5. The fourth-order valence-electron chi connectivity index (χ4n) is 2.73. The molecule has 5 nitrogen and oxygen atoms in total. The zero-order valence-corrected chi connectivity index (χ0v) is 14.2. The molecule has 1 aliphatic rings. The highest BCUT2D eigenvalue weighted by Crippen LogP contribution is 2.18. The molecule has 3 N–H and O–H groups in total. The van der Waals surface area contributed by atoms with Gasteiger partial charge in [-0.2, -0.15) is 0 Å². The van der Waals surface area contributed by atoms with Gasteiger partial charge in [-0.3, -0.25) is 9.59 Å². The maximum absolute atomic E-state index is 12.2. The minimum atomic E-state index is 0. The van der Waals surface area contributed by atoms with Gasteiger partial charge >= 0.3 is 0 Å². The molecule has 23 heavy (non-hydrogen) atoms. The third-order valence-electron chi connectivity index (χ3n) is 4.12. The smallest absolute Gasteiger partial charge is 0.223 e. The molecule has 6 heteroatoms. The number of piperidine rings is 1. The minimum absolute atomic E-state index is 0. The van der Waals surface area contributed by atoms with E-state index in [0.29, 0.717) is 32.6 Å². The highest BCUT2D eigenvalue weighted by molar-refractivity contribution is 5.85. The van der Waals surface area contributed by atoms with Crippen molar-refractivity contribution in [3.63, 3.8) is 0 Å². The monoisotopic (exact) mass is 339 g/mol. The summed E-state index contributed by atoms with van der Waals surface area (Å²) in [5.41, 5.74) is 6.53. The zero-order chi connectivity index (χ0) is 15.8. The van der Waals surface area contributed by atoms with Crippen LogP contribution in [0.5, 0.6) is 0 Å². The van der Waals surface area contributed by atoms with Gasteiger partial charge in [-0.15, -0.1) is 12.4 Å². The Balaban J connectivity index is 0.00000264. The fourth-order valence-corrected chi connectivity index (χ4v) is 2.73. The summed E-state index contributed by atoms with van der Waals surface area (Å²) in [5, 5.41) is 2.99. The second kappa shape index (κ2) is 10.2. The molecule has 1 fully saturated rings. The van der Waals surface area contributed by atoms with Gasteiger partial charge in [-0.1, -0.05) is 30.3 Å². The molecule has 2 amide bonds. The standard InChI is InChI=1S/C17H25N3O2.ClH/c18-10-4-7-16(21)20-11-8-15(9-12-20)17(22)19-13-14-5-2-1-3-6-14;/h1-3,5-6,15H,4,7-13,18H2,(H,19,22);1H. The lowest BCUT2D eigenvalue weighted by atomic mass is 9.95. The number of carbonyl (C=O) groups excluding carboxylic acids is 2. The first-order chi connectivity index (χ1) is 10.7. The van der Waals surface area contributed by atoms with Crippen molar-refractivity contribution in [1.29, 1.82) is 0 Å². The van der Waals surface area contributed by atoms with Gasteiger partial charge in [0, 0.05) is 32.0 Å². The van der Waals surface area contributed by atoms with E-state index >= 15 is 0 Å². The molecule has 0 radical (unpaired) electrons. The number of carbonyl (C=O) groups is 2. The van der Waals surface area contributed by atoms with Gasteiger partial charge in [0.25, 0.3) is 0 Å². The minimum Gasteiger partial charge on any atom is -0.352 e. The van der Waals surface area contributed by atoms with Crippen molar-refractivity contribution in [2.45, 2.75) is 32.2 Å². The lowest BCUT2D eigenvalue weighted by Gasteiger charge is -2.31. The van der Waals surface area contributed by atoms with E-state index in [1.807, 2.05) is 35.2 Å². The second-order valence-electron chi connectivity index (χ2n) is 5.75. The van der Waals surface area contributed by atoms with Crippen molar-refractivity contribution in [2.75, 3.05) is 19.6 Å². The van der Waals surface area contributed by atoms with E-state index in [0.717, 1.165) is 24.8 Å². The van der Waals surface area contributed by atoms with Crippen molar-refractivity contribution >= 4 is 24.2 Å². The maximum atomic E-state index is 12.2. The van der Waals surface area contributed by atoms with Gasteiger partial charge in [-0.25, -0.2) is 0 Å². The quantitative estimate of drug-likeness (QED) is 0.828. The molecule has 0 bridgehead atoms. The highest BCUT2D eigenvalue weighted by atomic mass is 35.5. The second-order valence-corrected chi connectivity index (χ2v) is 5.75. The van der Waals surface area contributed by atoms with E-state index in [-0.39, 0.29) is 30.1 Å². The molecule has 0 saturated carbocycles. The zero-order valence-electron chi connectivity index (χ0n) is 13.4. The van der Waals surface area contributed by atoms with Crippen LogP contribution in [0.2, 0.25) is 0 Å². The maximum Gasteiger partial charge on any atom is 0.223 e. The molecule has 1 aromatic rings. The van der Waals surface area contributed by atoms with Gasteiger partial charge < -0.3 is 16.0 Å². The number of benzene rings is 1. The SMILES string of the molecule is Cl.NCCCC(=O)N1CCC(C(=O)NCc2ccccc2)CC1. The van der Waals surface area contributed by atoms with Gasteiger partial charge in [0.1, 0.15) is 0 Å². The molecule has 1 saturated heterocycles. The Labute approximate surface area is 144 Å². The molecule has 0 spiro atoms. The molecule has 1 heterocycles. The van der Waals surface area contributed by atoms with E-state index in [4.69, 9.17) is 5.73 Å². The number of hydrogen-bond donors (Lipinski definition) is 2. The van der Waals surface area contributed by atoms with Crippen LogP contribution in [0.15, 0.2) is 30.3 Å². The van der Waals surface area contributed by atoms with Crippen LogP contribution in [0.25, 0.3) is 0 Å². The predicted molar refractivity (Wildman–Crippen MR) is 93.1 cm³/mol. The van der Waals surface area contributed by atoms with Crippen molar-refractivity contribution in [3.8, 4) is 0 Å². The normalized spacial score (nSPS) is 14.9. The number of nitrogens with two attached hydrogens (primary N) is 1. The van der Waals surface area contributed by atoms with Crippen molar-refractivity contribution in [3.05, 3.63) is 35.9 Å². The largest absolute Gasteiger partial charge is 0.352 e. The van der Waals surface area contributed by atoms with E-state index in [1.54, 1.807) is 0 Å². The molecule has 128 valence electrons. The van der Waals surface area contributed by atoms with E-state index in [1.165, 1.54) is 0 Å². The summed E-state index contributed by atoms with van der Waals surface area (Å²) in [5.74, 6) is 0.272. The molecule has 1 aliphatic heterocycles. The van der Waals surface area contributed by atoms with Crippen molar-refractivity contribution < 1.29 is 9.59 Å². The summed E-state index contributed by atoms with van der Waals surface area (Å²) in [6.45, 7) is 2.46. The molecule has 0 aliphatic carbocycles. The lowest BCUT2D eigenvalue weighted by molar-refractivity contribution is -0.135. The van der Waals surface area contributed by atoms with E-state index in [9.17, 15) is 9.59 Å². The molecule has 2 rings (SSSR count). The van der Waals surface area contributed by atoms with Crippen molar-refractivity contribution in [2.24, 2.45) is 11.7 Å². The van der Waals surface area contributed by atoms with Crippen LogP contribution in [-0.4, -0.2) is 36.3 Å².